The van der Waals surface area contributed by atoms with Gasteiger partial charge in [-0.1, -0.05) is 25.5 Å². The zero-order valence-corrected chi connectivity index (χ0v) is 13.3. The molecule has 20 heavy (non-hydrogen) atoms. The number of benzene rings is 1. The molecule has 0 aliphatic carbocycles. The van der Waals surface area contributed by atoms with Crippen LogP contribution in [0.15, 0.2) is 41.3 Å². The number of para-hydroxylation sites is 1. The smallest absolute Gasteiger partial charge is 0.219 e. The third-order valence-electron chi connectivity index (χ3n) is 2.86. The molecule has 2 nitrogen and oxygen atoms in total. The van der Waals surface area contributed by atoms with Crippen molar-refractivity contribution in [2.75, 3.05) is 6.26 Å². The Morgan fingerprint density at radius 2 is 2.05 bits per heavy atom. The average Bonchev–Trinajstić information content (AvgIpc) is 2.48. The minimum atomic E-state index is 0.472. The first kappa shape index (κ1) is 15.2. The summed E-state index contributed by atoms with van der Waals surface area (Å²) in [6.45, 7) is 2.14. The van der Waals surface area contributed by atoms with E-state index in [4.69, 9.17) is 16.3 Å². The number of hydrogen-bond acceptors (Lipinski definition) is 3. The van der Waals surface area contributed by atoms with E-state index in [1.807, 2.05) is 42.7 Å². The quantitative estimate of drug-likeness (QED) is 0.535. The second-order valence-electron chi connectivity index (χ2n) is 4.44. The number of aryl methyl sites for hydroxylation is 1. The Morgan fingerprint density at radius 1 is 1.25 bits per heavy atom. The summed E-state index contributed by atoms with van der Waals surface area (Å²) in [5.41, 5.74) is 2.07. The number of halogens is 1. The van der Waals surface area contributed by atoms with Gasteiger partial charge in [0.1, 0.15) is 5.75 Å². The van der Waals surface area contributed by atoms with Crippen LogP contribution >= 0.6 is 23.4 Å². The Balaban J connectivity index is 2.30. The third-order valence-corrected chi connectivity index (χ3v) is 3.94. The average molecular weight is 308 g/mol. The van der Waals surface area contributed by atoms with Crippen molar-refractivity contribution in [3.8, 4) is 11.6 Å². The predicted molar refractivity (Wildman–Crippen MR) is 86.1 cm³/mol. The highest BCUT2D eigenvalue weighted by molar-refractivity contribution is 7.98. The summed E-state index contributed by atoms with van der Waals surface area (Å²) in [6.07, 6.45) is 4.03. The van der Waals surface area contributed by atoms with Gasteiger partial charge in [-0.2, -0.15) is 0 Å². The normalized spacial score (nSPS) is 10.6. The van der Waals surface area contributed by atoms with E-state index in [1.54, 1.807) is 11.8 Å². The molecule has 0 amide bonds. The lowest BCUT2D eigenvalue weighted by Gasteiger charge is -2.11. The molecule has 0 radical (unpaired) electrons. The van der Waals surface area contributed by atoms with Crippen LogP contribution in [-0.2, 0) is 12.3 Å². The van der Waals surface area contributed by atoms with Gasteiger partial charge in [0.25, 0.3) is 0 Å². The molecular weight excluding hydrogens is 290 g/mol. The lowest BCUT2D eigenvalue weighted by molar-refractivity contribution is 0.449. The molecule has 0 aliphatic heterocycles. The van der Waals surface area contributed by atoms with Crippen molar-refractivity contribution in [2.45, 2.75) is 30.5 Å². The zero-order chi connectivity index (χ0) is 14.4. The van der Waals surface area contributed by atoms with E-state index >= 15 is 0 Å². The van der Waals surface area contributed by atoms with Crippen LogP contribution in [0.4, 0.5) is 0 Å². The molecule has 0 unspecified atom stereocenters. The van der Waals surface area contributed by atoms with Crippen molar-refractivity contribution < 1.29 is 4.74 Å². The fourth-order valence-corrected chi connectivity index (χ4v) is 2.63. The number of hydrogen-bond donors (Lipinski definition) is 0. The number of aromatic nitrogens is 1. The van der Waals surface area contributed by atoms with Crippen molar-refractivity contribution in [1.82, 2.24) is 4.98 Å². The van der Waals surface area contributed by atoms with Crippen LogP contribution < -0.4 is 4.74 Å². The molecule has 106 valence electrons. The predicted octanol–water partition coefficient (Wildman–Crippen LogP) is 5.29. The molecule has 0 spiro atoms. The highest BCUT2D eigenvalue weighted by Gasteiger charge is 2.07. The number of ether oxygens (including phenoxy) is 1. The fourth-order valence-electron chi connectivity index (χ4n) is 1.95. The molecule has 0 N–H and O–H groups in total. The van der Waals surface area contributed by atoms with Gasteiger partial charge in [-0.3, -0.25) is 0 Å². The molecule has 0 fully saturated rings. The maximum absolute atomic E-state index is 5.95. The van der Waals surface area contributed by atoms with Crippen LogP contribution in [0.3, 0.4) is 0 Å². The number of rotatable bonds is 6. The Hall–Kier alpha value is -1.19. The first-order valence-corrected chi connectivity index (χ1v) is 8.39. The first-order valence-electron chi connectivity index (χ1n) is 6.63. The number of thioether (sulfide) groups is 1. The SMILES string of the molecule is CCCc1cc(CCl)cc(Oc2ccccc2SC)n1. The maximum atomic E-state index is 5.95. The molecule has 0 aliphatic rings. The fraction of sp³-hybridized carbons (Fsp3) is 0.312. The molecule has 1 aromatic heterocycles. The Bertz CT molecular complexity index is 574. The van der Waals surface area contributed by atoms with Gasteiger partial charge in [-0.25, -0.2) is 4.98 Å². The van der Waals surface area contributed by atoms with E-state index in [0.29, 0.717) is 11.8 Å². The largest absolute Gasteiger partial charge is 0.438 e. The highest BCUT2D eigenvalue weighted by atomic mass is 35.5. The van der Waals surface area contributed by atoms with Crippen molar-refractivity contribution in [3.05, 3.63) is 47.7 Å². The van der Waals surface area contributed by atoms with Gasteiger partial charge in [0.05, 0.1) is 0 Å². The van der Waals surface area contributed by atoms with Crippen LogP contribution in [-0.4, -0.2) is 11.2 Å². The summed E-state index contributed by atoms with van der Waals surface area (Å²) in [7, 11) is 0. The summed E-state index contributed by atoms with van der Waals surface area (Å²) in [5.74, 6) is 1.93. The summed E-state index contributed by atoms with van der Waals surface area (Å²) in [5, 5.41) is 0. The van der Waals surface area contributed by atoms with Gasteiger partial charge < -0.3 is 4.74 Å². The molecule has 1 heterocycles. The molecule has 0 atom stereocenters. The second-order valence-corrected chi connectivity index (χ2v) is 5.56. The van der Waals surface area contributed by atoms with Crippen molar-refractivity contribution in [3.63, 3.8) is 0 Å². The lowest BCUT2D eigenvalue weighted by Crippen LogP contribution is -1.96. The minimum Gasteiger partial charge on any atom is -0.438 e. The maximum Gasteiger partial charge on any atom is 0.219 e. The van der Waals surface area contributed by atoms with Gasteiger partial charge in [0, 0.05) is 22.5 Å². The van der Waals surface area contributed by atoms with Crippen LogP contribution in [0, 0.1) is 0 Å². The first-order chi connectivity index (χ1) is 9.76. The van der Waals surface area contributed by atoms with Crippen LogP contribution in [0.1, 0.15) is 24.6 Å². The monoisotopic (exact) mass is 307 g/mol. The van der Waals surface area contributed by atoms with Crippen LogP contribution in [0.5, 0.6) is 11.6 Å². The van der Waals surface area contributed by atoms with E-state index in [9.17, 15) is 0 Å². The molecule has 0 saturated heterocycles. The van der Waals surface area contributed by atoms with Gasteiger partial charge in [-0.05, 0) is 36.4 Å². The Morgan fingerprint density at radius 3 is 2.75 bits per heavy atom. The highest BCUT2D eigenvalue weighted by Crippen LogP contribution is 2.31. The molecule has 0 bridgehead atoms. The van der Waals surface area contributed by atoms with E-state index in [0.717, 1.165) is 34.7 Å². The van der Waals surface area contributed by atoms with Crippen molar-refractivity contribution >= 4 is 23.4 Å². The van der Waals surface area contributed by atoms with Gasteiger partial charge in [0.15, 0.2) is 0 Å². The molecule has 4 heteroatoms. The van der Waals surface area contributed by atoms with E-state index in [-0.39, 0.29) is 0 Å². The standard InChI is InChI=1S/C16H18ClNOS/c1-3-6-13-9-12(11-17)10-16(18-13)19-14-7-4-5-8-15(14)20-2/h4-5,7-10H,3,6,11H2,1-2H3. The molecular formula is C16H18ClNOS. The second kappa shape index (κ2) is 7.55. The molecule has 1 aromatic carbocycles. The summed E-state index contributed by atoms with van der Waals surface area (Å²) >= 11 is 7.61. The Labute approximate surface area is 129 Å². The number of nitrogens with zero attached hydrogens (tertiary/aromatic N) is 1. The molecule has 2 rings (SSSR count). The van der Waals surface area contributed by atoms with E-state index in [2.05, 4.69) is 11.9 Å². The van der Waals surface area contributed by atoms with Crippen molar-refractivity contribution in [2.24, 2.45) is 0 Å². The molecule has 0 saturated carbocycles. The minimum absolute atomic E-state index is 0.472. The third kappa shape index (κ3) is 3.90. The van der Waals surface area contributed by atoms with Crippen molar-refractivity contribution in [1.29, 1.82) is 0 Å². The van der Waals surface area contributed by atoms with E-state index < -0.39 is 0 Å². The summed E-state index contributed by atoms with van der Waals surface area (Å²) < 4.78 is 5.94. The van der Waals surface area contributed by atoms with E-state index in [1.165, 1.54) is 0 Å². The molecule has 2 aromatic rings. The Kier molecular flexibility index (Phi) is 5.74. The topological polar surface area (TPSA) is 22.1 Å². The number of pyridine rings is 1. The lowest BCUT2D eigenvalue weighted by atomic mass is 10.2. The van der Waals surface area contributed by atoms with Gasteiger partial charge in [-0.15, -0.1) is 23.4 Å². The summed E-state index contributed by atoms with van der Waals surface area (Å²) in [4.78, 5) is 5.65. The van der Waals surface area contributed by atoms with Crippen LogP contribution in [0.25, 0.3) is 0 Å². The van der Waals surface area contributed by atoms with Gasteiger partial charge in [0.2, 0.25) is 5.88 Å². The van der Waals surface area contributed by atoms with Crippen LogP contribution in [0.2, 0.25) is 0 Å². The zero-order valence-electron chi connectivity index (χ0n) is 11.7. The number of alkyl halides is 1. The summed E-state index contributed by atoms with van der Waals surface area (Å²) in [6, 6.07) is 11.9. The van der Waals surface area contributed by atoms with Gasteiger partial charge >= 0.3 is 0 Å².